The minimum absolute atomic E-state index is 0.00401. The predicted octanol–water partition coefficient (Wildman–Crippen LogP) is -1.80. The van der Waals surface area contributed by atoms with Crippen molar-refractivity contribution in [1.29, 1.82) is 0 Å². The van der Waals surface area contributed by atoms with Crippen LogP contribution in [0, 0.1) is 17.8 Å². The number of rotatable bonds is 12. The Balaban J connectivity index is 1.12. The number of carboxylic acids is 1. The van der Waals surface area contributed by atoms with Crippen molar-refractivity contribution in [2.45, 2.75) is 63.0 Å². The molecule has 3 amide bonds. The number of piperidine rings is 1. The molecule has 0 radical (unpaired) electrons. The van der Waals surface area contributed by atoms with E-state index < -0.39 is 5.97 Å². The van der Waals surface area contributed by atoms with Gasteiger partial charge in [0, 0.05) is 60.3 Å². The van der Waals surface area contributed by atoms with Crippen LogP contribution in [0.3, 0.4) is 0 Å². The maximum Gasteiger partial charge on any atom is 0.353 e. The summed E-state index contributed by atoms with van der Waals surface area (Å²) in [6.07, 6.45) is 3.78. The summed E-state index contributed by atoms with van der Waals surface area (Å²) in [4.78, 5) is 53.8. The van der Waals surface area contributed by atoms with E-state index in [0.717, 1.165) is 24.3 Å². The van der Waals surface area contributed by atoms with Crippen LogP contribution < -0.4 is 21.7 Å². The van der Waals surface area contributed by atoms with Crippen LogP contribution in [0.15, 0.2) is 16.9 Å². The Hall–Kier alpha value is -3.24. The lowest BCUT2D eigenvalue weighted by molar-refractivity contribution is -0.137. The maximum absolute atomic E-state index is 13.3. The van der Waals surface area contributed by atoms with E-state index in [1.807, 2.05) is 16.7 Å². The number of aromatic nitrogens is 4. The van der Waals surface area contributed by atoms with E-state index in [-0.39, 0.29) is 66.0 Å². The molecule has 42 heavy (non-hydrogen) atoms. The van der Waals surface area contributed by atoms with Gasteiger partial charge < -0.3 is 36.6 Å². The molecule has 230 valence electrons. The van der Waals surface area contributed by atoms with E-state index in [0.29, 0.717) is 44.2 Å². The van der Waals surface area contributed by atoms with Gasteiger partial charge in [-0.1, -0.05) is 6.92 Å². The van der Waals surface area contributed by atoms with Gasteiger partial charge in [0.25, 0.3) is 0 Å². The van der Waals surface area contributed by atoms with E-state index in [2.05, 4.69) is 38.4 Å². The highest BCUT2D eigenvalue weighted by Crippen LogP contribution is 2.51. The van der Waals surface area contributed by atoms with E-state index in [9.17, 15) is 24.3 Å². The van der Waals surface area contributed by atoms with Crippen LogP contribution in [0.1, 0.15) is 33.1 Å². The van der Waals surface area contributed by atoms with Gasteiger partial charge in [0.1, 0.15) is 18.6 Å². The normalized spacial score (nSPS) is 28.4. The molecular formula is C26H40N10O5S. The van der Waals surface area contributed by atoms with Crippen molar-refractivity contribution >= 4 is 35.5 Å². The molecule has 0 bridgehead atoms. The Bertz CT molecular complexity index is 1200. The molecule has 6 atom stereocenters. The highest BCUT2D eigenvalue weighted by atomic mass is 32.2. The molecule has 16 heteroatoms. The summed E-state index contributed by atoms with van der Waals surface area (Å²) in [6, 6.07) is -0.430. The summed E-state index contributed by atoms with van der Waals surface area (Å²) in [7, 11) is 0. The number of nitrogens with two attached hydrogens (primary N) is 1. The zero-order chi connectivity index (χ0) is 30.0. The van der Waals surface area contributed by atoms with Gasteiger partial charge in [0.05, 0.1) is 12.6 Å². The van der Waals surface area contributed by atoms with Gasteiger partial charge >= 0.3 is 5.97 Å². The Morgan fingerprint density at radius 2 is 2.02 bits per heavy atom. The van der Waals surface area contributed by atoms with Crippen molar-refractivity contribution in [1.82, 2.24) is 46.0 Å². The zero-order valence-electron chi connectivity index (χ0n) is 23.9. The molecule has 1 aromatic heterocycles. The van der Waals surface area contributed by atoms with Crippen LogP contribution in [0.25, 0.3) is 0 Å². The lowest BCUT2D eigenvalue weighted by Crippen LogP contribution is -2.62. The van der Waals surface area contributed by atoms with Crippen LogP contribution >= 0.6 is 11.8 Å². The molecule has 3 saturated heterocycles. The number of likely N-dealkylation sites (tertiary alicyclic amines) is 1. The molecule has 4 aliphatic heterocycles. The van der Waals surface area contributed by atoms with Crippen molar-refractivity contribution in [3.63, 3.8) is 0 Å². The number of thioether (sulfide) groups is 1. The van der Waals surface area contributed by atoms with Crippen molar-refractivity contribution in [2.24, 2.45) is 23.5 Å². The van der Waals surface area contributed by atoms with Crippen molar-refractivity contribution in [2.75, 3.05) is 39.3 Å². The lowest BCUT2D eigenvalue weighted by atomic mass is 9.79. The number of carbonyl (C=O) groups excluding carboxylic acids is 3. The largest absolute Gasteiger partial charge is 0.477 e. The average Bonchev–Trinajstić information content (AvgIpc) is 3.65. The van der Waals surface area contributed by atoms with E-state index >= 15 is 0 Å². The molecule has 3 fully saturated rings. The highest BCUT2D eigenvalue weighted by Gasteiger charge is 2.54. The van der Waals surface area contributed by atoms with Gasteiger partial charge in [0.15, 0.2) is 0 Å². The number of aliphatic carboxylic acids is 1. The molecular weight excluding hydrogens is 564 g/mol. The maximum atomic E-state index is 13.3. The Kier molecular flexibility index (Phi) is 9.32. The van der Waals surface area contributed by atoms with Crippen molar-refractivity contribution in [3.05, 3.63) is 16.9 Å². The molecule has 5 rings (SSSR count). The highest BCUT2D eigenvalue weighted by molar-refractivity contribution is 8.03. The average molecular weight is 605 g/mol. The number of nitrogens with zero attached hydrogens (tertiary/aromatic N) is 6. The Labute approximate surface area is 248 Å². The second-order valence-corrected chi connectivity index (χ2v) is 13.1. The molecule has 0 aliphatic carbocycles. The first-order chi connectivity index (χ1) is 20.1. The van der Waals surface area contributed by atoms with Gasteiger partial charge in [-0.2, -0.15) is 0 Å². The first-order valence-corrected chi connectivity index (χ1v) is 15.4. The van der Waals surface area contributed by atoms with Gasteiger partial charge in [-0.15, -0.1) is 16.9 Å². The van der Waals surface area contributed by atoms with Crippen LogP contribution in [0.4, 0.5) is 0 Å². The third kappa shape index (κ3) is 6.54. The van der Waals surface area contributed by atoms with Crippen molar-refractivity contribution < 1.29 is 24.3 Å². The monoisotopic (exact) mass is 604 g/mol. The van der Waals surface area contributed by atoms with Gasteiger partial charge in [0.2, 0.25) is 17.7 Å². The van der Waals surface area contributed by atoms with Crippen LogP contribution in [0.2, 0.25) is 0 Å². The fourth-order valence-electron chi connectivity index (χ4n) is 6.73. The molecule has 4 aliphatic rings. The lowest BCUT2D eigenvalue weighted by Gasteiger charge is -2.50. The standard InChI is InChI=1S/C26H40N10O5S/c1-14-22-18(15(2)31-21(38)12-35-13-30-32-33-35)11-36(22)23(26(40)41)24(14)42-17-7-19(29-9-17)25(39)34-5-3-16(4-6-34)8-28-10-20(27)37/h13-19,22,28-29H,3-12H2,1-2H3,(H2,27,37)(H,31,38)(H,40,41)/t14-,15-,17+,18-,19+,22-/m1/s1. The van der Waals surface area contributed by atoms with E-state index in [1.54, 1.807) is 11.8 Å². The second-order valence-electron chi connectivity index (χ2n) is 11.8. The predicted molar refractivity (Wildman–Crippen MR) is 152 cm³/mol. The first kappa shape index (κ1) is 30.2. The SMILES string of the molecule is C[C@@H](NC(=O)Cn1cnnn1)[C@H]1CN2C(C(=O)O)=C(S[C@@H]3CN[C@H](C(=O)N4CCC(CNCC(N)=O)CC4)C3)[C@H](C)[C@H]12. The first-order valence-electron chi connectivity index (χ1n) is 14.5. The smallest absolute Gasteiger partial charge is 0.353 e. The van der Waals surface area contributed by atoms with Crippen LogP contribution in [-0.2, 0) is 25.7 Å². The van der Waals surface area contributed by atoms with E-state index in [1.165, 1.54) is 11.0 Å². The summed E-state index contributed by atoms with van der Waals surface area (Å²) >= 11 is 1.58. The number of primary amides is 1. The minimum atomic E-state index is -0.938. The molecule has 0 unspecified atom stereocenters. The molecule has 0 spiro atoms. The molecule has 1 aromatic rings. The second kappa shape index (κ2) is 13.0. The summed E-state index contributed by atoms with van der Waals surface area (Å²) in [5.41, 5.74) is 5.53. The number of hydrogen-bond donors (Lipinski definition) is 5. The molecule has 0 saturated carbocycles. The minimum Gasteiger partial charge on any atom is -0.477 e. The fraction of sp³-hybridized carbons (Fsp3) is 0.731. The summed E-state index contributed by atoms with van der Waals surface area (Å²) in [5, 5.41) is 30.5. The number of carboxylic acid groups (broad SMARTS) is 1. The molecule has 15 nitrogen and oxygen atoms in total. The third-order valence-electron chi connectivity index (χ3n) is 8.92. The number of amides is 3. The van der Waals surface area contributed by atoms with Crippen LogP contribution in [-0.4, -0.2) is 121 Å². The number of carbonyl (C=O) groups is 4. The molecule has 6 N–H and O–H groups in total. The Morgan fingerprint density at radius 3 is 2.69 bits per heavy atom. The number of nitrogens with one attached hydrogen (secondary N) is 3. The van der Waals surface area contributed by atoms with Gasteiger partial charge in [-0.05, 0) is 49.1 Å². The molecule has 0 aromatic carbocycles. The Morgan fingerprint density at radius 1 is 1.26 bits per heavy atom. The number of tetrazole rings is 1. The summed E-state index contributed by atoms with van der Waals surface area (Å²) in [5.74, 6) is -0.893. The topological polar surface area (TPSA) is 201 Å². The number of hydrogen-bond acceptors (Lipinski definition) is 11. The fourth-order valence-corrected chi connectivity index (χ4v) is 8.23. The summed E-state index contributed by atoms with van der Waals surface area (Å²) in [6.45, 7) is 7.49. The van der Waals surface area contributed by atoms with Gasteiger partial charge in [-0.3, -0.25) is 14.4 Å². The third-order valence-corrected chi connectivity index (χ3v) is 10.4. The van der Waals surface area contributed by atoms with Gasteiger partial charge in [-0.25, -0.2) is 9.48 Å². The number of fused-ring (bicyclic) bond motifs is 1. The van der Waals surface area contributed by atoms with Crippen molar-refractivity contribution in [3.8, 4) is 0 Å². The quantitative estimate of drug-likeness (QED) is 0.180. The van der Waals surface area contributed by atoms with Crippen LogP contribution in [0.5, 0.6) is 0 Å². The zero-order valence-corrected chi connectivity index (χ0v) is 24.8. The van der Waals surface area contributed by atoms with E-state index in [4.69, 9.17) is 5.73 Å². The summed E-state index contributed by atoms with van der Waals surface area (Å²) < 4.78 is 1.36. The molecule has 5 heterocycles.